The molecule has 208 valence electrons. The summed E-state index contributed by atoms with van der Waals surface area (Å²) in [6, 6.07) is 9.61. The molecule has 3 rings (SSSR count). The summed E-state index contributed by atoms with van der Waals surface area (Å²) in [6.07, 6.45) is 6.19. The van der Waals surface area contributed by atoms with E-state index in [1.54, 1.807) is 18.2 Å². The number of sulfonamides is 1. The molecule has 2 aromatic rings. The quantitative estimate of drug-likeness (QED) is 0.265. The van der Waals surface area contributed by atoms with Crippen LogP contribution in [0.2, 0.25) is 0 Å². The zero-order valence-electron chi connectivity index (χ0n) is 22.6. The average molecular weight is 546 g/mol. The number of aromatic hydroxyl groups is 1. The number of carbonyl (C=O) groups is 1. The van der Waals surface area contributed by atoms with Gasteiger partial charge in [0, 0.05) is 30.1 Å². The number of hydrogen-bond acceptors (Lipinski definition) is 6. The van der Waals surface area contributed by atoms with E-state index in [2.05, 4.69) is 12.2 Å². The van der Waals surface area contributed by atoms with Gasteiger partial charge in [-0.3, -0.25) is 19.2 Å². The lowest BCUT2D eigenvalue weighted by Gasteiger charge is -2.28. The van der Waals surface area contributed by atoms with Crippen molar-refractivity contribution >= 4 is 27.3 Å². The SMILES string of the molecule is CCC1(C(=O)N[C@@H](C)CCc2ccc(N(CC(C)C)S(=O)(=O)c3ccc([N+](=O)[O-])cc3)c(O)c2)CCCC1. The van der Waals surface area contributed by atoms with Gasteiger partial charge in [0.05, 0.1) is 15.5 Å². The lowest BCUT2D eigenvalue weighted by Crippen LogP contribution is -2.43. The lowest BCUT2D eigenvalue weighted by molar-refractivity contribution is -0.384. The second-order valence-corrected chi connectivity index (χ2v) is 12.6. The number of amides is 1. The van der Waals surface area contributed by atoms with Gasteiger partial charge in [-0.05, 0) is 74.8 Å². The number of nitrogens with zero attached hydrogens (tertiary/aromatic N) is 2. The number of hydrogen-bond donors (Lipinski definition) is 2. The number of non-ortho nitro benzene ring substituents is 1. The normalized spacial score (nSPS) is 15.8. The second-order valence-electron chi connectivity index (χ2n) is 10.8. The third-order valence-corrected chi connectivity index (χ3v) is 9.23. The first-order valence-electron chi connectivity index (χ1n) is 13.3. The maximum absolute atomic E-state index is 13.5. The monoisotopic (exact) mass is 545 g/mol. The molecular formula is C28H39N3O6S. The topological polar surface area (TPSA) is 130 Å². The van der Waals surface area contributed by atoms with Crippen LogP contribution >= 0.6 is 0 Å². The third-order valence-electron chi connectivity index (χ3n) is 7.44. The molecule has 0 radical (unpaired) electrons. The molecule has 0 heterocycles. The van der Waals surface area contributed by atoms with Crippen LogP contribution in [0.5, 0.6) is 5.75 Å². The molecule has 0 aromatic heterocycles. The molecule has 10 heteroatoms. The summed E-state index contributed by atoms with van der Waals surface area (Å²) in [7, 11) is -4.08. The van der Waals surface area contributed by atoms with E-state index in [0.29, 0.717) is 12.8 Å². The van der Waals surface area contributed by atoms with Gasteiger partial charge in [0.2, 0.25) is 5.91 Å². The molecule has 1 saturated carbocycles. The van der Waals surface area contributed by atoms with Crippen molar-refractivity contribution in [2.75, 3.05) is 10.8 Å². The molecule has 0 aliphatic heterocycles. The van der Waals surface area contributed by atoms with Crippen molar-refractivity contribution in [3.05, 3.63) is 58.1 Å². The zero-order chi connectivity index (χ0) is 28.1. The van der Waals surface area contributed by atoms with Crippen molar-refractivity contribution in [2.24, 2.45) is 11.3 Å². The predicted octanol–water partition coefficient (Wildman–Crippen LogP) is 5.56. The number of aryl methyl sites for hydroxylation is 1. The summed E-state index contributed by atoms with van der Waals surface area (Å²) in [5, 5.41) is 25.0. The molecule has 1 aliphatic carbocycles. The highest BCUT2D eigenvalue weighted by Crippen LogP contribution is 2.41. The number of rotatable bonds is 12. The van der Waals surface area contributed by atoms with Crippen molar-refractivity contribution < 1.29 is 23.2 Å². The minimum Gasteiger partial charge on any atom is -0.506 e. The maximum atomic E-state index is 13.5. The van der Waals surface area contributed by atoms with Crippen LogP contribution in [0, 0.1) is 21.4 Å². The van der Waals surface area contributed by atoms with Crippen LogP contribution < -0.4 is 9.62 Å². The number of nitrogens with one attached hydrogen (secondary N) is 1. The van der Waals surface area contributed by atoms with Crippen LogP contribution in [-0.4, -0.2) is 36.9 Å². The summed E-state index contributed by atoms with van der Waals surface area (Å²) in [5.41, 5.74) is 0.525. The summed E-state index contributed by atoms with van der Waals surface area (Å²) < 4.78 is 28.1. The van der Waals surface area contributed by atoms with E-state index in [-0.39, 0.29) is 51.8 Å². The van der Waals surface area contributed by atoms with Crippen LogP contribution in [0.1, 0.15) is 71.8 Å². The van der Waals surface area contributed by atoms with Gasteiger partial charge in [0.15, 0.2) is 0 Å². The largest absolute Gasteiger partial charge is 0.506 e. The van der Waals surface area contributed by atoms with E-state index >= 15 is 0 Å². The molecule has 0 unspecified atom stereocenters. The highest BCUT2D eigenvalue weighted by Gasteiger charge is 2.39. The summed E-state index contributed by atoms with van der Waals surface area (Å²) in [6.45, 7) is 7.91. The highest BCUT2D eigenvalue weighted by atomic mass is 32.2. The van der Waals surface area contributed by atoms with E-state index < -0.39 is 14.9 Å². The predicted molar refractivity (Wildman–Crippen MR) is 148 cm³/mol. The van der Waals surface area contributed by atoms with Crippen LogP contribution in [0.15, 0.2) is 47.4 Å². The average Bonchev–Trinajstić information content (AvgIpc) is 3.37. The van der Waals surface area contributed by atoms with Crippen molar-refractivity contribution in [3.8, 4) is 5.75 Å². The number of nitro benzene ring substituents is 1. The van der Waals surface area contributed by atoms with Gasteiger partial charge in [-0.1, -0.05) is 39.7 Å². The van der Waals surface area contributed by atoms with E-state index in [9.17, 15) is 28.4 Å². The molecule has 0 saturated heterocycles. The standard InChI is InChI=1S/C28H39N3O6S/c1-5-28(16-6-7-17-28)27(33)29-21(4)8-9-22-10-15-25(26(32)18-22)30(19-20(2)3)38(36,37)24-13-11-23(12-14-24)31(34)35/h10-15,18,20-21,32H,5-9,16-17,19H2,1-4H3,(H,29,33)/t21-/m0/s1. The number of phenols is 1. The van der Waals surface area contributed by atoms with E-state index in [1.807, 2.05) is 20.8 Å². The molecule has 2 aromatic carbocycles. The molecule has 0 bridgehead atoms. The Morgan fingerprint density at radius 2 is 1.76 bits per heavy atom. The Kier molecular flexibility index (Phi) is 9.40. The maximum Gasteiger partial charge on any atom is 0.269 e. The Morgan fingerprint density at radius 1 is 1.13 bits per heavy atom. The number of carbonyl (C=O) groups excluding carboxylic acids is 1. The summed E-state index contributed by atoms with van der Waals surface area (Å²) in [4.78, 5) is 23.2. The van der Waals surface area contributed by atoms with Crippen LogP contribution in [-0.2, 0) is 21.2 Å². The Morgan fingerprint density at radius 3 is 2.29 bits per heavy atom. The van der Waals surface area contributed by atoms with Gasteiger partial charge in [-0.15, -0.1) is 0 Å². The first-order valence-corrected chi connectivity index (χ1v) is 14.7. The number of nitro groups is 1. The summed E-state index contributed by atoms with van der Waals surface area (Å²) in [5.74, 6) is -0.0807. The number of anilines is 1. The fraction of sp³-hybridized carbons (Fsp3) is 0.536. The molecule has 2 N–H and O–H groups in total. The van der Waals surface area contributed by atoms with Gasteiger partial charge in [0.1, 0.15) is 5.75 Å². The van der Waals surface area contributed by atoms with E-state index in [4.69, 9.17) is 0 Å². The Labute approximate surface area is 225 Å². The van der Waals surface area contributed by atoms with Gasteiger partial charge in [-0.2, -0.15) is 0 Å². The molecule has 1 aliphatic rings. The van der Waals surface area contributed by atoms with Gasteiger partial charge < -0.3 is 10.4 Å². The van der Waals surface area contributed by atoms with Crippen molar-refractivity contribution in [2.45, 2.75) is 83.6 Å². The first-order chi connectivity index (χ1) is 17.9. The molecule has 9 nitrogen and oxygen atoms in total. The highest BCUT2D eigenvalue weighted by molar-refractivity contribution is 7.92. The Bertz CT molecular complexity index is 1240. The molecule has 1 fully saturated rings. The minimum absolute atomic E-state index is 0.0340. The third kappa shape index (κ3) is 6.64. The Balaban J connectivity index is 1.74. The lowest BCUT2D eigenvalue weighted by atomic mass is 9.82. The number of benzene rings is 2. The van der Waals surface area contributed by atoms with Crippen molar-refractivity contribution in [3.63, 3.8) is 0 Å². The summed E-state index contributed by atoms with van der Waals surface area (Å²) >= 11 is 0. The van der Waals surface area contributed by atoms with Crippen LogP contribution in [0.3, 0.4) is 0 Å². The Hall–Kier alpha value is -3.14. The fourth-order valence-corrected chi connectivity index (χ4v) is 6.73. The number of phenolic OH excluding ortho intramolecular Hbond substituents is 1. The van der Waals surface area contributed by atoms with E-state index in [1.165, 1.54) is 12.1 Å². The van der Waals surface area contributed by atoms with Gasteiger partial charge in [0.25, 0.3) is 15.7 Å². The molecule has 1 atom stereocenters. The van der Waals surface area contributed by atoms with E-state index in [0.717, 1.165) is 54.1 Å². The van der Waals surface area contributed by atoms with Crippen LogP contribution in [0.25, 0.3) is 0 Å². The van der Waals surface area contributed by atoms with Crippen molar-refractivity contribution in [1.82, 2.24) is 5.32 Å². The van der Waals surface area contributed by atoms with Crippen LogP contribution in [0.4, 0.5) is 11.4 Å². The van der Waals surface area contributed by atoms with Gasteiger partial charge >= 0.3 is 0 Å². The smallest absolute Gasteiger partial charge is 0.269 e. The minimum atomic E-state index is -4.08. The molecule has 38 heavy (non-hydrogen) atoms. The van der Waals surface area contributed by atoms with Crippen molar-refractivity contribution in [1.29, 1.82) is 0 Å². The van der Waals surface area contributed by atoms with Gasteiger partial charge in [-0.25, -0.2) is 8.42 Å². The first kappa shape index (κ1) is 29.4. The fourth-order valence-electron chi connectivity index (χ4n) is 5.09. The molecular weight excluding hydrogens is 506 g/mol. The zero-order valence-corrected chi connectivity index (χ0v) is 23.5. The molecule has 0 spiro atoms. The second kappa shape index (κ2) is 12.1. The molecule has 1 amide bonds.